The first-order valence-electron chi connectivity index (χ1n) is 6.84. The summed E-state index contributed by atoms with van der Waals surface area (Å²) in [5, 5.41) is 0. The summed E-state index contributed by atoms with van der Waals surface area (Å²) in [5.74, 6) is 0.0731. The Kier molecular flexibility index (Phi) is 5.97. The van der Waals surface area contributed by atoms with Crippen LogP contribution < -0.4 is 10.9 Å². The van der Waals surface area contributed by atoms with Crippen molar-refractivity contribution in [2.45, 2.75) is 18.2 Å². The highest BCUT2D eigenvalue weighted by atomic mass is 32.2. The third kappa shape index (κ3) is 5.21. The molecule has 0 fully saturated rings. The fraction of sp³-hybridized carbons (Fsp3) is 0.188. The molecule has 0 atom stereocenters. The molecule has 1 aromatic heterocycles. The van der Waals surface area contributed by atoms with Crippen molar-refractivity contribution in [3.05, 3.63) is 59.9 Å². The van der Waals surface area contributed by atoms with Gasteiger partial charge < -0.3 is 0 Å². The standard InChI is InChI=1S/C16H17N3O2S/c1-12-2-4-14(5-3-12)22-11-8-15(20)18-19-16(21)13-6-9-17-10-7-13/h2-7,9-10H,8,11H2,1H3,(H,18,20)(H,19,21). The molecular weight excluding hydrogens is 298 g/mol. The van der Waals surface area contributed by atoms with Crippen LogP contribution in [0.15, 0.2) is 53.7 Å². The van der Waals surface area contributed by atoms with Crippen LogP contribution >= 0.6 is 11.8 Å². The van der Waals surface area contributed by atoms with Gasteiger partial charge in [0.15, 0.2) is 0 Å². The molecular formula is C16H17N3O2S. The van der Waals surface area contributed by atoms with Crippen molar-refractivity contribution in [3.8, 4) is 0 Å². The molecule has 2 N–H and O–H groups in total. The van der Waals surface area contributed by atoms with Crippen LogP contribution in [-0.4, -0.2) is 22.6 Å². The molecule has 22 heavy (non-hydrogen) atoms. The van der Waals surface area contributed by atoms with Crippen LogP contribution in [0, 0.1) is 6.92 Å². The van der Waals surface area contributed by atoms with Crippen molar-refractivity contribution in [2.75, 3.05) is 5.75 Å². The van der Waals surface area contributed by atoms with E-state index in [1.807, 2.05) is 31.2 Å². The molecule has 0 aliphatic carbocycles. The molecule has 0 aliphatic heterocycles. The third-order valence-electron chi connectivity index (χ3n) is 2.88. The van der Waals surface area contributed by atoms with Gasteiger partial charge in [0, 0.05) is 35.0 Å². The summed E-state index contributed by atoms with van der Waals surface area (Å²) in [6.45, 7) is 2.04. The lowest BCUT2D eigenvalue weighted by Crippen LogP contribution is -2.41. The summed E-state index contributed by atoms with van der Waals surface area (Å²) >= 11 is 1.61. The van der Waals surface area contributed by atoms with Crippen LogP contribution in [0.5, 0.6) is 0 Å². The fourth-order valence-corrected chi connectivity index (χ4v) is 2.51. The van der Waals surface area contributed by atoms with Gasteiger partial charge in [0.25, 0.3) is 5.91 Å². The number of rotatable bonds is 5. The first kappa shape index (κ1) is 16.0. The van der Waals surface area contributed by atoms with Gasteiger partial charge in [-0.15, -0.1) is 11.8 Å². The number of hydrogen-bond acceptors (Lipinski definition) is 4. The van der Waals surface area contributed by atoms with Crippen LogP contribution in [0.3, 0.4) is 0 Å². The van der Waals surface area contributed by atoms with Crippen LogP contribution in [-0.2, 0) is 4.79 Å². The van der Waals surface area contributed by atoms with Crippen molar-refractivity contribution in [1.29, 1.82) is 0 Å². The Balaban J connectivity index is 1.68. The summed E-state index contributed by atoms with van der Waals surface area (Å²) < 4.78 is 0. The number of hydrogen-bond donors (Lipinski definition) is 2. The molecule has 0 saturated carbocycles. The number of nitrogens with zero attached hydrogens (tertiary/aromatic N) is 1. The molecule has 0 spiro atoms. The van der Waals surface area contributed by atoms with E-state index < -0.39 is 0 Å². The molecule has 1 aromatic carbocycles. The number of thioether (sulfide) groups is 1. The van der Waals surface area contributed by atoms with Gasteiger partial charge in [0.2, 0.25) is 5.91 Å². The molecule has 114 valence electrons. The number of aryl methyl sites for hydroxylation is 1. The van der Waals surface area contributed by atoms with Crippen LogP contribution in [0.25, 0.3) is 0 Å². The predicted molar refractivity (Wildman–Crippen MR) is 86.4 cm³/mol. The minimum absolute atomic E-state index is 0.220. The molecule has 0 bridgehead atoms. The number of amides is 2. The molecule has 2 rings (SSSR count). The largest absolute Gasteiger partial charge is 0.273 e. The third-order valence-corrected chi connectivity index (χ3v) is 3.89. The summed E-state index contributed by atoms with van der Waals surface area (Å²) in [6, 6.07) is 11.3. The summed E-state index contributed by atoms with van der Waals surface area (Å²) in [4.78, 5) is 28.3. The maximum absolute atomic E-state index is 11.7. The highest BCUT2D eigenvalue weighted by molar-refractivity contribution is 7.99. The van der Waals surface area contributed by atoms with E-state index in [1.165, 1.54) is 18.0 Å². The SMILES string of the molecule is Cc1ccc(SCCC(=O)NNC(=O)c2ccncc2)cc1. The Morgan fingerprint density at radius 2 is 1.73 bits per heavy atom. The van der Waals surface area contributed by atoms with Crippen molar-refractivity contribution in [2.24, 2.45) is 0 Å². The van der Waals surface area contributed by atoms with Crippen LogP contribution in [0.2, 0.25) is 0 Å². The molecule has 1 heterocycles. The van der Waals surface area contributed by atoms with E-state index in [-0.39, 0.29) is 11.8 Å². The topological polar surface area (TPSA) is 71.1 Å². The molecule has 0 radical (unpaired) electrons. The molecule has 2 aromatic rings. The van der Waals surface area contributed by atoms with Gasteiger partial charge in [-0.1, -0.05) is 17.7 Å². The van der Waals surface area contributed by atoms with Crippen molar-refractivity contribution >= 4 is 23.6 Å². The zero-order chi connectivity index (χ0) is 15.8. The smallest absolute Gasteiger partial charge is 0.269 e. The Morgan fingerprint density at radius 1 is 1.05 bits per heavy atom. The second-order valence-corrected chi connectivity index (χ2v) is 5.82. The van der Waals surface area contributed by atoms with Crippen LogP contribution in [0.4, 0.5) is 0 Å². The van der Waals surface area contributed by atoms with E-state index in [9.17, 15) is 9.59 Å². The second-order valence-electron chi connectivity index (χ2n) is 4.65. The predicted octanol–water partition coefficient (Wildman–Crippen LogP) is 2.33. The average Bonchev–Trinajstić information content (AvgIpc) is 2.55. The molecule has 5 nitrogen and oxygen atoms in total. The van der Waals surface area contributed by atoms with E-state index in [2.05, 4.69) is 15.8 Å². The highest BCUT2D eigenvalue weighted by Crippen LogP contribution is 2.18. The number of pyridine rings is 1. The van der Waals surface area contributed by atoms with Crippen molar-refractivity contribution in [1.82, 2.24) is 15.8 Å². The molecule has 0 saturated heterocycles. The van der Waals surface area contributed by atoms with Crippen molar-refractivity contribution in [3.63, 3.8) is 0 Å². The Labute approximate surface area is 133 Å². The Morgan fingerprint density at radius 3 is 2.41 bits per heavy atom. The monoisotopic (exact) mass is 315 g/mol. The van der Waals surface area contributed by atoms with Crippen LogP contribution in [0.1, 0.15) is 22.3 Å². The summed E-state index contributed by atoms with van der Waals surface area (Å²) in [6.07, 6.45) is 3.37. The number of hydrazine groups is 1. The lowest BCUT2D eigenvalue weighted by atomic mass is 10.2. The first-order chi connectivity index (χ1) is 10.6. The molecule has 0 aliphatic rings. The van der Waals surface area contributed by atoms with Gasteiger partial charge in [-0.3, -0.25) is 25.4 Å². The summed E-state index contributed by atoms with van der Waals surface area (Å²) in [5.41, 5.74) is 6.44. The van der Waals surface area contributed by atoms with Gasteiger partial charge in [0.1, 0.15) is 0 Å². The fourth-order valence-electron chi connectivity index (χ4n) is 1.66. The van der Waals surface area contributed by atoms with Gasteiger partial charge in [-0.2, -0.15) is 0 Å². The molecule has 2 amide bonds. The van der Waals surface area contributed by atoms with E-state index in [0.717, 1.165) is 4.90 Å². The Bertz CT molecular complexity index is 630. The maximum Gasteiger partial charge on any atom is 0.269 e. The Hall–Kier alpha value is -2.34. The zero-order valence-corrected chi connectivity index (χ0v) is 13.0. The number of nitrogens with one attached hydrogen (secondary N) is 2. The number of carbonyl (C=O) groups excluding carboxylic acids is 2. The maximum atomic E-state index is 11.7. The normalized spacial score (nSPS) is 10.0. The number of aromatic nitrogens is 1. The molecule has 0 unspecified atom stereocenters. The van der Waals surface area contributed by atoms with Gasteiger partial charge in [0.05, 0.1) is 0 Å². The lowest BCUT2D eigenvalue weighted by Gasteiger charge is -2.07. The summed E-state index contributed by atoms with van der Waals surface area (Å²) in [7, 11) is 0. The molecule has 6 heteroatoms. The minimum atomic E-state index is -0.359. The highest BCUT2D eigenvalue weighted by Gasteiger charge is 2.06. The lowest BCUT2D eigenvalue weighted by molar-refractivity contribution is -0.121. The second kappa shape index (κ2) is 8.19. The van der Waals surface area contributed by atoms with Gasteiger partial charge in [-0.25, -0.2) is 0 Å². The van der Waals surface area contributed by atoms with Gasteiger partial charge >= 0.3 is 0 Å². The van der Waals surface area contributed by atoms with E-state index >= 15 is 0 Å². The average molecular weight is 315 g/mol. The van der Waals surface area contributed by atoms with E-state index in [4.69, 9.17) is 0 Å². The van der Waals surface area contributed by atoms with Gasteiger partial charge in [-0.05, 0) is 31.2 Å². The van der Waals surface area contributed by atoms with E-state index in [1.54, 1.807) is 23.9 Å². The number of carbonyl (C=O) groups is 2. The quantitative estimate of drug-likeness (QED) is 0.656. The minimum Gasteiger partial charge on any atom is -0.273 e. The first-order valence-corrected chi connectivity index (χ1v) is 7.82. The van der Waals surface area contributed by atoms with Crippen molar-refractivity contribution < 1.29 is 9.59 Å². The zero-order valence-electron chi connectivity index (χ0n) is 12.2. The van der Waals surface area contributed by atoms with E-state index in [0.29, 0.717) is 17.7 Å². The number of benzene rings is 1.